The van der Waals surface area contributed by atoms with Gasteiger partial charge in [-0.1, -0.05) is 27.5 Å². The Hall–Kier alpha value is -3.36. The maximum atomic E-state index is 12.4. The van der Waals surface area contributed by atoms with E-state index in [4.69, 9.17) is 20.8 Å². The first kappa shape index (κ1) is 22.8. The molecule has 2 aromatic carbocycles. The van der Waals surface area contributed by atoms with Gasteiger partial charge in [0.25, 0.3) is 0 Å². The SMILES string of the molecule is COC(=O)c1ccc(Cl)c(-n2c(C)cc(/C=N/NC(=O)c3cc4cc(Br)ccc4o3)c2C)c1. The molecule has 33 heavy (non-hydrogen) atoms. The van der Waals surface area contributed by atoms with Crippen LogP contribution in [-0.2, 0) is 4.74 Å². The number of halogens is 2. The van der Waals surface area contributed by atoms with E-state index in [9.17, 15) is 9.59 Å². The minimum Gasteiger partial charge on any atom is -0.465 e. The van der Waals surface area contributed by atoms with E-state index in [1.807, 2.05) is 36.6 Å². The maximum absolute atomic E-state index is 12.4. The van der Waals surface area contributed by atoms with Gasteiger partial charge in [0.2, 0.25) is 0 Å². The van der Waals surface area contributed by atoms with Gasteiger partial charge in [-0.25, -0.2) is 10.2 Å². The lowest BCUT2D eigenvalue weighted by Gasteiger charge is -2.13. The Balaban J connectivity index is 1.57. The van der Waals surface area contributed by atoms with Crippen LogP contribution in [0.5, 0.6) is 0 Å². The predicted octanol–water partition coefficient (Wildman–Crippen LogP) is 5.81. The van der Waals surface area contributed by atoms with E-state index in [1.165, 1.54) is 7.11 Å². The van der Waals surface area contributed by atoms with Crippen molar-refractivity contribution >= 4 is 56.6 Å². The summed E-state index contributed by atoms with van der Waals surface area (Å²) < 4.78 is 13.2. The fourth-order valence-corrected chi connectivity index (χ4v) is 4.14. The van der Waals surface area contributed by atoms with Gasteiger partial charge >= 0.3 is 11.9 Å². The van der Waals surface area contributed by atoms with Crippen LogP contribution in [0.2, 0.25) is 5.02 Å². The van der Waals surface area contributed by atoms with E-state index in [0.717, 1.165) is 26.8 Å². The van der Waals surface area contributed by atoms with Crippen LogP contribution in [-0.4, -0.2) is 29.8 Å². The summed E-state index contributed by atoms with van der Waals surface area (Å²) in [6, 6.07) is 14.0. The number of hydrogen-bond donors (Lipinski definition) is 1. The van der Waals surface area contributed by atoms with Gasteiger partial charge in [-0.15, -0.1) is 0 Å². The number of furan rings is 1. The summed E-state index contributed by atoms with van der Waals surface area (Å²) in [5.74, 6) is -0.740. The maximum Gasteiger partial charge on any atom is 0.337 e. The van der Waals surface area contributed by atoms with Gasteiger partial charge in [0.15, 0.2) is 5.76 Å². The van der Waals surface area contributed by atoms with Crippen molar-refractivity contribution < 1.29 is 18.7 Å². The molecule has 0 aliphatic rings. The van der Waals surface area contributed by atoms with Gasteiger partial charge in [0.05, 0.1) is 29.6 Å². The number of benzene rings is 2. The van der Waals surface area contributed by atoms with Gasteiger partial charge < -0.3 is 13.7 Å². The predicted molar refractivity (Wildman–Crippen MR) is 131 cm³/mol. The van der Waals surface area contributed by atoms with Crippen LogP contribution < -0.4 is 5.43 Å². The molecule has 0 fully saturated rings. The Morgan fingerprint density at radius 2 is 1.94 bits per heavy atom. The second-order valence-electron chi connectivity index (χ2n) is 7.31. The van der Waals surface area contributed by atoms with Crippen LogP contribution in [0.1, 0.15) is 37.9 Å². The molecule has 0 saturated heterocycles. The van der Waals surface area contributed by atoms with Crippen molar-refractivity contribution in [2.75, 3.05) is 7.11 Å². The summed E-state index contributed by atoms with van der Waals surface area (Å²) in [6.45, 7) is 3.81. The summed E-state index contributed by atoms with van der Waals surface area (Å²) in [5.41, 5.74) is 6.64. The molecule has 1 N–H and O–H groups in total. The molecule has 7 nitrogen and oxygen atoms in total. The van der Waals surface area contributed by atoms with Gasteiger partial charge in [-0.2, -0.15) is 5.10 Å². The third kappa shape index (κ3) is 4.58. The van der Waals surface area contributed by atoms with E-state index < -0.39 is 11.9 Å². The zero-order valence-corrected chi connectivity index (χ0v) is 20.3. The highest BCUT2D eigenvalue weighted by Gasteiger charge is 2.16. The van der Waals surface area contributed by atoms with E-state index >= 15 is 0 Å². The van der Waals surface area contributed by atoms with Crippen LogP contribution in [0.4, 0.5) is 0 Å². The number of fused-ring (bicyclic) bond motifs is 1. The van der Waals surface area contributed by atoms with Crippen molar-refractivity contribution in [2.45, 2.75) is 13.8 Å². The fourth-order valence-electron chi connectivity index (χ4n) is 3.56. The molecule has 4 rings (SSSR count). The molecule has 0 aliphatic heterocycles. The molecule has 4 aromatic rings. The number of hydrazone groups is 1. The smallest absolute Gasteiger partial charge is 0.337 e. The molecule has 0 aliphatic carbocycles. The molecule has 0 saturated carbocycles. The zero-order chi connectivity index (χ0) is 23.7. The molecule has 168 valence electrons. The van der Waals surface area contributed by atoms with E-state index in [2.05, 4.69) is 26.5 Å². The number of carbonyl (C=O) groups excluding carboxylic acids is 2. The topological polar surface area (TPSA) is 85.8 Å². The van der Waals surface area contributed by atoms with E-state index in [0.29, 0.717) is 21.9 Å². The number of methoxy groups -OCH3 is 1. The number of ether oxygens (including phenoxy) is 1. The first-order chi connectivity index (χ1) is 15.8. The average molecular weight is 529 g/mol. The molecule has 0 bridgehead atoms. The van der Waals surface area contributed by atoms with Crippen molar-refractivity contribution in [3.8, 4) is 5.69 Å². The summed E-state index contributed by atoms with van der Waals surface area (Å²) in [7, 11) is 1.33. The average Bonchev–Trinajstić information content (AvgIpc) is 3.33. The Kier molecular flexibility index (Phi) is 6.40. The first-order valence-electron chi connectivity index (χ1n) is 9.88. The Morgan fingerprint density at radius 3 is 2.70 bits per heavy atom. The van der Waals surface area contributed by atoms with Crippen molar-refractivity contribution in [1.82, 2.24) is 9.99 Å². The summed E-state index contributed by atoms with van der Waals surface area (Å²) >= 11 is 9.81. The highest BCUT2D eigenvalue weighted by molar-refractivity contribution is 9.10. The van der Waals surface area contributed by atoms with Crippen LogP contribution in [0.15, 0.2) is 62.5 Å². The lowest BCUT2D eigenvalue weighted by Crippen LogP contribution is -2.16. The van der Waals surface area contributed by atoms with Crippen molar-refractivity contribution in [2.24, 2.45) is 5.10 Å². The summed E-state index contributed by atoms with van der Waals surface area (Å²) in [4.78, 5) is 24.4. The third-order valence-corrected chi connectivity index (χ3v) is 5.96. The Bertz CT molecular complexity index is 1420. The molecule has 9 heteroatoms. The number of esters is 1. The van der Waals surface area contributed by atoms with Crippen molar-refractivity contribution in [3.63, 3.8) is 0 Å². The quantitative estimate of drug-likeness (QED) is 0.201. The van der Waals surface area contributed by atoms with E-state index in [-0.39, 0.29) is 5.76 Å². The Morgan fingerprint density at radius 1 is 1.15 bits per heavy atom. The number of rotatable bonds is 5. The molecule has 0 unspecified atom stereocenters. The highest BCUT2D eigenvalue weighted by atomic mass is 79.9. The summed E-state index contributed by atoms with van der Waals surface area (Å²) in [6.07, 6.45) is 1.55. The van der Waals surface area contributed by atoms with E-state index in [1.54, 1.807) is 36.5 Å². The van der Waals surface area contributed by atoms with Crippen molar-refractivity contribution in [3.05, 3.63) is 86.3 Å². The molecule has 0 radical (unpaired) electrons. The molecule has 0 spiro atoms. The van der Waals surface area contributed by atoms with Crippen LogP contribution >= 0.6 is 27.5 Å². The monoisotopic (exact) mass is 527 g/mol. The minimum atomic E-state index is -0.457. The second kappa shape index (κ2) is 9.25. The van der Waals surface area contributed by atoms with Gasteiger partial charge in [0, 0.05) is 26.8 Å². The first-order valence-corrected chi connectivity index (χ1v) is 11.0. The number of aryl methyl sites for hydroxylation is 1. The van der Waals surface area contributed by atoms with Gasteiger partial charge in [-0.3, -0.25) is 4.79 Å². The second-order valence-corrected chi connectivity index (χ2v) is 8.63. The number of amides is 1. The number of nitrogens with one attached hydrogen (secondary N) is 1. The van der Waals surface area contributed by atoms with Crippen LogP contribution in [0.25, 0.3) is 16.7 Å². The Labute approximate surface area is 203 Å². The lowest BCUT2D eigenvalue weighted by atomic mass is 10.2. The molecular formula is C24H19BrClN3O4. The van der Waals surface area contributed by atoms with Crippen LogP contribution in [0, 0.1) is 13.8 Å². The highest BCUT2D eigenvalue weighted by Crippen LogP contribution is 2.27. The molecule has 0 atom stereocenters. The third-order valence-electron chi connectivity index (χ3n) is 5.15. The van der Waals surface area contributed by atoms with Crippen molar-refractivity contribution in [1.29, 1.82) is 0 Å². The lowest BCUT2D eigenvalue weighted by molar-refractivity contribution is 0.0600. The molecular weight excluding hydrogens is 510 g/mol. The molecule has 2 heterocycles. The van der Waals surface area contributed by atoms with Crippen LogP contribution in [0.3, 0.4) is 0 Å². The van der Waals surface area contributed by atoms with Gasteiger partial charge in [-0.05, 0) is 62.4 Å². The summed E-state index contributed by atoms with van der Waals surface area (Å²) in [5, 5.41) is 5.38. The standard InChI is InChI=1S/C24H19BrClN3O4/c1-13-8-17(14(2)29(13)20-10-15(24(31)32-3)4-6-19(20)26)12-27-28-23(30)22-11-16-9-18(25)5-7-21(16)33-22/h4-12H,1-3H3,(H,28,30)/b27-12+. The molecule has 2 aromatic heterocycles. The number of nitrogens with zero attached hydrogens (tertiary/aromatic N) is 2. The minimum absolute atomic E-state index is 0.164. The number of aromatic nitrogens is 1. The van der Waals surface area contributed by atoms with Gasteiger partial charge in [0.1, 0.15) is 5.58 Å². The zero-order valence-electron chi connectivity index (χ0n) is 18.0. The largest absolute Gasteiger partial charge is 0.465 e. The fraction of sp³-hybridized carbons (Fsp3) is 0.125. The number of hydrogen-bond acceptors (Lipinski definition) is 5. The normalized spacial score (nSPS) is 11.3. The number of carbonyl (C=O) groups is 2. The molecule has 1 amide bonds.